The Kier molecular flexibility index (Phi) is 10.3. The van der Waals surface area contributed by atoms with Gasteiger partial charge in [0.25, 0.3) is 5.56 Å². The standard InChI is InChI=1S/C37H36Cl2N8O4/c1-51-36-22(16-40-19-24-6-9-31(48)44-24)5-8-29(46-36)28-4-2-3-26(33(28)38)27-11-13-42-35(34(27)39)21-12-14-47-30(15-21)43-18-23(37(47)50)17-41-20-25-7-10-32(49)45-25/h2-5,8,11-15,18,24-25,40-41H,6-7,9-10,16-17,19-20H2,1H3,(H,44,48)(H,45,49). The summed E-state index contributed by atoms with van der Waals surface area (Å²) in [6.45, 7) is 2.12. The van der Waals surface area contributed by atoms with E-state index in [-0.39, 0.29) is 29.5 Å². The predicted octanol–water partition coefficient (Wildman–Crippen LogP) is 4.54. The highest BCUT2D eigenvalue weighted by atomic mass is 35.5. The van der Waals surface area contributed by atoms with Gasteiger partial charge in [0.05, 0.1) is 28.5 Å². The predicted molar refractivity (Wildman–Crippen MR) is 196 cm³/mol. The van der Waals surface area contributed by atoms with E-state index in [1.54, 1.807) is 37.8 Å². The van der Waals surface area contributed by atoms with E-state index in [9.17, 15) is 14.4 Å². The summed E-state index contributed by atoms with van der Waals surface area (Å²) in [7, 11) is 1.58. The minimum absolute atomic E-state index is 0.0556. The van der Waals surface area contributed by atoms with Crippen molar-refractivity contribution in [1.82, 2.24) is 40.6 Å². The van der Waals surface area contributed by atoms with E-state index in [1.807, 2.05) is 36.4 Å². The van der Waals surface area contributed by atoms with Crippen LogP contribution in [0.5, 0.6) is 5.88 Å². The highest BCUT2D eigenvalue weighted by Gasteiger charge is 2.22. The first-order valence-corrected chi connectivity index (χ1v) is 17.5. The lowest BCUT2D eigenvalue weighted by Crippen LogP contribution is -2.36. The lowest BCUT2D eigenvalue weighted by molar-refractivity contribution is -0.120. The molecule has 4 N–H and O–H groups in total. The third-order valence-corrected chi connectivity index (χ3v) is 10.0. The van der Waals surface area contributed by atoms with Crippen molar-refractivity contribution in [3.8, 4) is 39.5 Å². The Hall–Kier alpha value is -4.88. The molecule has 0 bridgehead atoms. The minimum Gasteiger partial charge on any atom is -0.481 e. The van der Waals surface area contributed by atoms with Crippen LogP contribution in [0.4, 0.5) is 0 Å². The van der Waals surface area contributed by atoms with Crippen LogP contribution < -0.4 is 31.6 Å². The Morgan fingerprint density at radius 2 is 1.53 bits per heavy atom. The number of hydrogen-bond donors (Lipinski definition) is 4. The lowest BCUT2D eigenvalue weighted by Gasteiger charge is -2.15. The molecule has 0 radical (unpaired) electrons. The average molecular weight is 728 g/mol. The highest BCUT2D eigenvalue weighted by Crippen LogP contribution is 2.41. The highest BCUT2D eigenvalue weighted by molar-refractivity contribution is 6.39. The van der Waals surface area contributed by atoms with Gasteiger partial charge in [-0.05, 0) is 37.1 Å². The molecule has 12 nitrogen and oxygen atoms in total. The van der Waals surface area contributed by atoms with Gasteiger partial charge in [-0.25, -0.2) is 9.97 Å². The molecular formula is C37H36Cl2N8O4. The summed E-state index contributed by atoms with van der Waals surface area (Å²) in [5, 5.41) is 13.4. The number of aromatic nitrogens is 4. The van der Waals surface area contributed by atoms with Crippen LogP contribution >= 0.6 is 23.2 Å². The third kappa shape index (κ3) is 7.45. The fourth-order valence-corrected chi connectivity index (χ4v) is 7.17. The molecule has 0 aliphatic carbocycles. The molecule has 0 saturated carbocycles. The molecule has 2 atom stereocenters. The number of methoxy groups -OCH3 is 1. The quantitative estimate of drug-likeness (QED) is 0.145. The zero-order valence-electron chi connectivity index (χ0n) is 27.8. The summed E-state index contributed by atoms with van der Waals surface area (Å²) in [6.07, 6.45) is 7.61. The van der Waals surface area contributed by atoms with Crippen LogP contribution in [0.3, 0.4) is 0 Å². The fourth-order valence-electron chi connectivity index (χ4n) is 6.53. The second-order valence-corrected chi connectivity index (χ2v) is 13.4. The molecule has 51 heavy (non-hydrogen) atoms. The summed E-state index contributed by atoms with van der Waals surface area (Å²) in [6, 6.07) is 15.1. The maximum absolute atomic E-state index is 13.2. The molecule has 2 saturated heterocycles. The van der Waals surface area contributed by atoms with Crippen molar-refractivity contribution in [1.29, 1.82) is 0 Å². The van der Waals surface area contributed by atoms with Gasteiger partial charge in [-0.2, -0.15) is 0 Å². The number of rotatable bonds is 12. The molecule has 6 heterocycles. The van der Waals surface area contributed by atoms with Gasteiger partial charge < -0.3 is 26.0 Å². The average Bonchev–Trinajstić information content (AvgIpc) is 3.76. The summed E-state index contributed by atoms with van der Waals surface area (Å²) < 4.78 is 7.13. The molecule has 1 aromatic carbocycles. The topological polar surface area (TPSA) is 152 Å². The number of carbonyl (C=O) groups excluding carboxylic acids is 2. The number of fused-ring (bicyclic) bond motifs is 1. The zero-order chi connectivity index (χ0) is 35.5. The first-order valence-electron chi connectivity index (χ1n) is 16.8. The molecule has 0 spiro atoms. The largest absolute Gasteiger partial charge is 0.481 e. The van der Waals surface area contributed by atoms with Gasteiger partial charge in [0.2, 0.25) is 17.7 Å². The molecule has 7 rings (SSSR count). The van der Waals surface area contributed by atoms with Crippen molar-refractivity contribution < 1.29 is 14.3 Å². The SMILES string of the molecule is COc1nc(-c2cccc(-c3ccnc(-c4ccn5c(=O)c(CNCC6CCC(=O)N6)cnc5c4)c3Cl)c2Cl)ccc1CNCC1CCC(=O)N1. The van der Waals surface area contributed by atoms with Crippen molar-refractivity contribution in [3.63, 3.8) is 0 Å². The van der Waals surface area contributed by atoms with Gasteiger partial charge in [-0.15, -0.1) is 0 Å². The van der Waals surface area contributed by atoms with Crippen LogP contribution in [0.25, 0.3) is 39.3 Å². The molecule has 2 unspecified atom stereocenters. The van der Waals surface area contributed by atoms with Crippen LogP contribution in [-0.4, -0.2) is 63.4 Å². The smallest absolute Gasteiger partial charge is 0.262 e. The molecule has 5 aromatic rings. The van der Waals surface area contributed by atoms with Crippen LogP contribution in [0.1, 0.15) is 36.8 Å². The Labute approximate surface area is 304 Å². The van der Waals surface area contributed by atoms with E-state index in [1.165, 1.54) is 4.40 Å². The molecule has 2 amide bonds. The van der Waals surface area contributed by atoms with Gasteiger partial charge in [-0.3, -0.25) is 23.8 Å². The van der Waals surface area contributed by atoms with Crippen molar-refractivity contribution in [2.24, 2.45) is 0 Å². The number of carbonyl (C=O) groups is 2. The Balaban J connectivity index is 1.10. The van der Waals surface area contributed by atoms with Gasteiger partial charge in [0.1, 0.15) is 5.65 Å². The number of nitrogens with zero attached hydrogens (tertiary/aromatic N) is 4. The first kappa shape index (κ1) is 34.6. The summed E-state index contributed by atoms with van der Waals surface area (Å²) in [5.74, 6) is 0.623. The van der Waals surface area contributed by atoms with Crippen LogP contribution in [-0.2, 0) is 22.7 Å². The van der Waals surface area contributed by atoms with Crippen molar-refractivity contribution >= 4 is 40.7 Å². The number of hydrogen-bond acceptors (Lipinski definition) is 9. The van der Waals surface area contributed by atoms with Gasteiger partial charge in [0, 0.05) is 103 Å². The normalized spacial score (nSPS) is 17.2. The zero-order valence-corrected chi connectivity index (χ0v) is 29.4. The number of benzene rings is 1. The van der Waals surface area contributed by atoms with E-state index < -0.39 is 0 Å². The van der Waals surface area contributed by atoms with Crippen LogP contribution in [0, 0.1) is 0 Å². The van der Waals surface area contributed by atoms with Crippen molar-refractivity contribution in [2.45, 2.75) is 50.9 Å². The molecule has 2 aliphatic rings. The Morgan fingerprint density at radius 1 is 0.843 bits per heavy atom. The van der Waals surface area contributed by atoms with E-state index in [4.69, 9.17) is 32.9 Å². The van der Waals surface area contributed by atoms with Crippen LogP contribution in [0.15, 0.2) is 71.9 Å². The molecule has 4 aromatic heterocycles. The molecule has 262 valence electrons. The second-order valence-electron chi connectivity index (χ2n) is 12.7. The number of halogens is 2. The van der Waals surface area contributed by atoms with Crippen molar-refractivity contribution in [3.05, 3.63) is 98.6 Å². The van der Waals surface area contributed by atoms with Gasteiger partial charge in [-0.1, -0.05) is 47.5 Å². The van der Waals surface area contributed by atoms with E-state index in [0.717, 1.165) is 18.4 Å². The second kappa shape index (κ2) is 15.2. The maximum Gasteiger partial charge on any atom is 0.262 e. The fraction of sp³-hybridized carbons (Fsp3) is 0.297. The summed E-state index contributed by atoms with van der Waals surface area (Å²) >= 11 is 14.1. The molecule has 14 heteroatoms. The Bertz CT molecular complexity index is 2190. The van der Waals surface area contributed by atoms with Crippen molar-refractivity contribution in [2.75, 3.05) is 20.2 Å². The lowest BCUT2D eigenvalue weighted by atomic mass is 9.99. The van der Waals surface area contributed by atoms with Crippen LogP contribution in [0.2, 0.25) is 10.0 Å². The molecule has 2 fully saturated rings. The molecular weight excluding hydrogens is 691 g/mol. The third-order valence-electron chi connectivity index (χ3n) is 9.22. The Morgan fingerprint density at radius 3 is 2.22 bits per heavy atom. The first-order chi connectivity index (χ1) is 24.8. The number of pyridine rings is 3. The maximum atomic E-state index is 13.2. The summed E-state index contributed by atoms with van der Waals surface area (Å²) in [4.78, 5) is 50.1. The number of ether oxygens (including phenoxy) is 1. The van der Waals surface area contributed by atoms with Gasteiger partial charge >= 0.3 is 0 Å². The minimum atomic E-state index is -0.181. The van der Waals surface area contributed by atoms with E-state index in [0.29, 0.717) is 99.8 Å². The monoisotopic (exact) mass is 726 g/mol. The van der Waals surface area contributed by atoms with Gasteiger partial charge in [0.15, 0.2) is 0 Å². The number of nitrogens with one attached hydrogen (secondary N) is 4. The van der Waals surface area contributed by atoms with E-state index >= 15 is 0 Å². The molecule has 2 aliphatic heterocycles. The summed E-state index contributed by atoms with van der Waals surface area (Å²) in [5.41, 5.74) is 5.63. The number of amides is 2. The van der Waals surface area contributed by atoms with E-state index in [2.05, 4.69) is 31.2 Å².